The maximum Gasteiger partial charge on any atom is 0.160 e. The molecule has 0 spiro atoms. The first kappa shape index (κ1) is 32.5. The van der Waals surface area contributed by atoms with Crippen molar-refractivity contribution in [1.82, 2.24) is 9.97 Å². The van der Waals surface area contributed by atoms with Crippen molar-refractivity contribution in [1.29, 1.82) is 0 Å². The second-order valence-electron chi connectivity index (χ2n) is 14.5. The van der Waals surface area contributed by atoms with Crippen LogP contribution in [0.3, 0.4) is 0 Å². The zero-order valence-electron chi connectivity index (χ0n) is 30.4. The van der Waals surface area contributed by atoms with E-state index in [2.05, 4.69) is 200 Å². The fourth-order valence-corrected chi connectivity index (χ4v) is 9.92. The Labute approximate surface area is 330 Å². The summed E-state index contributed by atoms with van der Waals surface area (Å²) in [5.41, 5.74) is 14.3. The van der Waals surface area contributed by atoms with Crippen molar-refractivity contribution in [2.45, 2.75) is 5.41 Å². The van der Waals surface area contributed by atoms with Crippen molar-refractivity contribution in [2.24, 2.45) is 0 Å². The van der Waals surface area contributed by atoms with E-state index in [1.807, 2.05) is 17.4 Å². The molecule has 0 unspecified atom stereocenters. The van der Waals surface area contributed by atoms with E-state index in [0.717, 1.165) is 33.6 Å². The van der Waals surface area contributed by atoms with Gasteiger partial charge in [-0.1, -0.05) is 170 Å². The van der Waals surface area contributed by atoms with E-state index in [1.54, 1.807) is 0 Å². The number of hydrogen-bond acceptors (Lipinski definition) is 3. The molecule has 3 heteroatoms. The Morgan fingerprint density at radius 1 is 0.339 bits per heavy atom. The maximum atomic E-state index is 5.26. The Bertz CT molecular complexity index is 3040. The predicted octanol–water partition coefficient (Wildman–Crippen LogP) is 13.9. The summed E-state index contributed by atoms with van der Waals surface area (Å²) in [6.45, 7) is 0. The second-order valence-corrected chi connectivity index (χ2v) is 15.6. The Hall–Kier alpha value is -6.94. The second kappa shape index (κ2) is 13.1. The summed E-state index contributed by atoms with van der Waals surface area (Å²) in [4.78, 5) is 10.5. The minimum Gasteiger partial charge on any atom is -0.228 e. The smallest absolute Gasteiger partial charge is 0.160 e. The lowest BCUT2D eigenvalue weighted by atomic mass is 9.67. The zero-order chi connectivity index (χ0) is 37.1. The molecule has 2 aromatic heterocycles. The third-order valence-corrected chi connectivity index (χ3v) is 12.5. The van der Waals surface area contributed by atoms with Gasteiger partial charge in [0.15, 0.2) is 5.82 Å². The van der Waals surface area contributed by atoms with Crippen LogP contribution in [0.4, 0.5) is 0 Å². The van der Waals surface area contributed by atoms with Gasteiger partial charge >= 0.3 is 0 Å². The van der Waals surface area contributed by atoms with E-state index in [-0.39, 0.29) is 0 Å². The minimum atomic E-state index is -0.447. The van der Waals surface area contributed by atoms with Gasteiger partial charge in [-0.05, 0) is 80.9 Å². The molecule has 262 valence electrons. The standard InChI is InChI=1S/C53H34N2S/c1-4-15-35(16-5-1)52-54-48(38-18-14-17-36(31-38)37-28-30-51-45(32-37)43-24-11-13-26-50(43)56-51)34-49(55-52)39-27-29-47-44(33-39)42-23-10-12-25-46(42)53(47,40-19-6-2-7-20-40)41-21-8-3-9-22-41/h1-34H. The summed E-state index contributed by atoms with van der Waals surface area (Å²) in [5.74, 6) is 0.707. The summed E-state index contributed by atoms with van der Waals surface area (Å²) in [7, 11) is 0. The molecule has 56 heavy (non-hydrogen) atoms. The Morgan fingerprint density at radius 3 is 1.66 bits per heavy atom. The molecule has 0 aliphatic heterocycles. The van der Waals surface area contributed by atoms with Gasteiger partial charge in [0, 0.05) is 36.9 Å². The van der Waals surface area contributed by atoms with E-state index < -0.39 is 5.41 Å². The van der Waals surface area contributed by atoms with E-state index in [1.165, 1.54) is 59.1 Å². The van der Waals surface area contributed by atoms with Gasteiger partial charge in [0.1, 0.15) is 0 Å². The van der Waals surface area contributed by atoms with Crippen LogP contribution < -0.4 is 0 Å². The molecule has 0 saturated carbocycles. The van der Waals surface area contributed by atoms with Crippen molar-refractivity contribution >= 4 is 31.5 Å². The fourth-order valence-electron chi connectivity index (χ4n) is 8.83. The molecular weight excluding hydrogens is 697 g/mol. The van der Waals surface area contributed by atoms with E-state index in [0.29, 0.717) is 5.82 Å². The number of hydrogen-bond donors (Lipinski definition) is 0. The molecule has 11 rings (SSSR count). The van der Waals surface area contributed by atoms with Gasteiger partial charge < -0.3 is 0 Å². The summed E-state index contributed by atoms with van der Waals surface area (Å²) in [6, 6.07) is 74.5. The third kappa shape index (κ3) is 5.16. The molecule has 10 aromatic rings. The number of rotatable bonds is 6. The molecular formula is C53H34N2S. The first-order valence-electron chi connectivity index (χ1n) is 19.1. The SMILES string of the molecule is c1ccc(-c2nc(-c3cccc(-c4ccc5sc6ccccc6c5c4)c3)cc(-c3ccc4c(c3)-c3ccccc3C4(c3ccccc3)c3ccccc3)n2)cc1. The summed E-state index contributed by atoms with van der Waals surface area (Å²) >= 11 is 1.85. The van der Waals surface area contributed by atoms with Crippen molar-refractivity contribution in [2.75, 3.05) is 0 Å². The van der Waals surface area contributed by atoms with Gasteiger partial charge in [0.2, 0.25) is 0 Å². The minimum absolute atomic E-state index is 0.447. The van der Waals surface area contributed by atoms with Gasteiger partial charge in [-0.3, -0.25) is 0 Å². The summed E-state index contributed by atoms with van der Waals surface area (Å²) in [6.07, 6.45) is 0. The van der Waals surface area contributed by atoms with Crippen LogP contribution in [0.15, 0.2) is 206 Å². The molecule has 0 bridgehead atoms. The van der Waals surface area contributed by atoms with E-state index in [4.69, 9.17) is 9.97 Å². The van der Waals surface area contributed by atoms with Crippen molar-refractivity contribution < 1.29 is 0 Å². The van der Waals surface area contributed by atoms with E-state index >= 15 is 0 Å². The van der Waals surface area contributed by atoms with Gasteiger partial charge in [0.25, 0.3) is 0 Å². The first-order valence-corrected chi connectivity index (χ1v) is 19.9. The topological polar surface area (TPSA) is 25.8 Å². The molecule has 2 heterocycles. The molecule has 2 nitrogen and oxygen atoms in total. The zero-order valence-corrected chi connectivity index (χ0v) is 31.2. The summed E-state index contributed by atoms with van der Waals surface area (Å²) in [5, 5.41) is 2.60. The normalized spacial score (nSPS) is 12.8. The lowest BCUT2D eigenvalue weighted by molar-refractivity contribution is 0.768. The molecule has 0 radical (unpaired) electrons. The lowest BCUT2D eigenvalue weighted by Crippen LogP contribution is -2.28. The Kier molecular flexibility index (Phi) is 7.61. The number of nitrogens with zero attached hydrogens (tertiary/aromatic N) is 2. The van der Waals surface area contributed by atoms with Crippen LogP contribution in [0.1, 0.15) is 22.3 Å². The van der Waals surface area contributed by atoms with Crippen molar-refractivity contribution in [3.05, 3.63) is 229 Å². The first-order chi connectivity index (χ1) is 27.7. The molecule has 0 N–H and O–H groups in total. The van der Waals surface area contributed by atoms with Crippen LogP contribution in [-0.4, -0.2) is 9.97 Å². The maximum absolute atomic E-state index is 5.26. The highest BCUT2D eigenvalue weighted by Gasteiger charge is 2.46. The van der Waals surface area contributed by atoms with Crippen molar-refractivity contribution in [3.63, 3.8) is 0 Å². The van der Waals surface area contributed by atoms with Crippen LogP contribution in [0.2, 0.25) is 0 Å². The quantitative estimate of drug-likeness (QED) is 0.170. The number of benzene rings is 8. The van der Waals surface area contributed by atoms with Crippen LogP contribution in [-0.2, 0) is 5.41 Å². The molecule has 0 saturated heterocycles. The number of thiophene rings is 1. The van der Waals surface area contributed by atoms with Gasteiger partial charge in [-0.25, -0.2) is 9.97 Å². The average Bonchev–Trinajstić information content (AvgIpc) is 3.80. The highest BCUT2D eigenvalue weighted by Crippen LogP contribution is 2.56. The summed E-state index contributed by atoms with van der Waals surface area (Å²) < 4.78 is 2.62. The van der Waals surface area contributed by atoms with Gasteiger partial charge in [0.05, 0.1) is 16.8 Å². The highest BCUT2D eigenvalue weighted by atomic mass is 32.1. The van der Waals surface area contributed by atoms with Gasteiger partial charge in [-0.15, -0.1) is 11.3 Å². The molecule has 1 aliphatic rings. The van der Waals surface area contributed by atoms with Crippen LogP contribution in [0.5, 0.6) is 0 Å². The lowest BCUT2D eigenvalue weighted by Gasteiger charge is -2.33. The monoisotopic (exact) mass is 730 g/mol. The number of aromatic nitrogens is 2. The highest BCUT2D eigenvalue weighted by molar-refractivity contribution is 7.25. The molecule has 0 fully saturated rings. The van der Waals surface area contributed by atoms with Crippen molar-refractivity contribution in [3.8, 4) is 56.2 Å². The molecule has 8 aromatic carbocycles. The average molecular weight is 731 g/mol. The Morgan fingerprint density at radius 2 is 0.893 bits per heavy atom. The van der Waals surface area contributed by atoms with Crippen LogP contribution in [0.25, 0.3) is 76.3 Å². The van der Waals surface area contributed by atoms with Crippen LogP contribution >= 0.6 is 11.3 Å². The molecule has 0 amide bonds. The third-order valence-electron chi connectivity index (χ3n) is 11.4. The molecule has 0 atom stereocenters. The molecule has 1 aliphatic carbocycles. The predicted molar refractivity (Wildman–Crippen MR) is 234 cm³/mol. The van der Waals surface area contributed by atoms with Gasteiger partial charge in [-0.2, -0.15) is 0 Å². The number of fused-ring (bicyclic) bond motifs is 6. The van der Waals surface area contributed by atoms with E-state index in [9.17, 15) is 0 Å². The van der Waals surface area contributed by atoms with Crippen LogP contribution in [0, 0.1) is 0 Å². The Balaban J connectivity index is 1.08. The largest absolute Gasteiger partial charge is 0.228 e. The fraction of sp³-hybridized carbons (Fsp3) is 0.0189.